The molecule has 3 rings (SSSR count). The lowest BCUT2D eigenvalue weighted by atomic mass is 10.1. The molecule has 1 amide bonds. The molecule has 29 heavy (non-hydrogen) atoms. The minimum Gasteiger partial charge on any atom is -0.356 e. The van der Waals surface area contributed by atoms with Gasteiger partial charge >= 0.3 is 0 Å². The van der Waals surface area contributed by atoms with Crippen molar-refractivity contribution < 1.29 is 4.79 Å². The fourth-order valence-corrected chi connectivity index (χ4v) is 3.71. The minimum atomic E-state index is 0.0420. The van der Waals surface area contributed by atoms with Crippen LogP contribution < -0.4 is 5.32 Å². The standard InChI is InChI=1S/C24H30ClN3O/c1-2-3-4-7-17-28-22-10-6-5-9-21(22)27-23(28)11-8-16-26-24(29)18-19-12-14-20(25)15-13-19/h5-6,9-10,12-15H,2-4,7-8,11,16-18H2,1H3,(H,26,29). The number of hydrogen-bond donors (Lipinski definition) is 1. The van der Waals surface area contributed by atoms with E-state index in [9.17, 15) is 4.79 Å². The molecule has 4 nitrogen and oxygen atoms in total. The number of rotatable bonds is 11. The number of unbranched alkanes of at least 4 members (excludes halogenated alkanes) is 3. The van der Waals surface area contributed by atoms with E-state index in [1.54, 1.807) is 0 Å². The topological polar surface area (TPSA) is 46.9 Å². The zero-order valence-corrected chi connectivity index (χ0v) is 17.9. The van der Waals surface area contributed by atoms with Gasteiger partial charge in [0.2, 0.25) is 5.91 Å². The Morgan fingerprint density at radius 2 is 1.83 bits per heavy atom. The van der Waals surface area contributed by atoms with Crippen molar-refractivity contribution in [2.24, 2.45) is 0 Å². The summed E-state index contributed by atoms with van der Waals surface area (Å²) in [5.74, 6) is 1.16. The quantitative estimate of drug-likeness (QED) is 0.420. The molecular weight excluding hydrogens is 382 g/mol. The van der Waals surface area contributed by atoms with Gasteiger partial charge in [-0.2, -0.15) is 0 Å². The van der Waals surface area contributed by atoms with E-state index in [-0.39, 0.29) is 5.91 Å². The Morgan fingerprint density at radius 1 is 1.03 bits per heavy atom. The first-order chi connectivity index (χ1) is 14.2. The Morgan fingerprint density at radius 3 is 2.62 bits per heavy atom. The zero-order chi connectivity index (χ0) is 20.5. The maximum absolute atomic E-state index is 12.2. The number of nitrogens with one attached hydrogen (secondary N) is 1. The lowest BCUT2D eigenvalue weighted by Crippen LogP contribution is -2.26. The van der Waals surface area contributed by atoms with Gasteiger partial charge in [0.1, 0.15) is 5.82 Å². The summed E-state index contributed by atoms with van der Waals surface area (Å²) in [5, 5.41) is 3.71. The van der Waals surface area contributed by atoms with Crippen LogP contribution in [0.3, 0.4) is 0 Å². The Labute approximate surface area is 178 Å². The van der Waals surface area contributed by atoms with Crippen LogP contribution in [0.5, 0.6) is 0 Å². The van der Waals surface area contributed by atoms with Crippen LogP contribution in [-0.2, 0) is 24.2 Å². The summed E-state index contributed by atoms with van der Waals surface area (Å²) in [5.41, 5.74) is 3.25. The highest BCUT2D eigenvalue weighted by Crippen LogP contribution is 2.18. The van der Waals surface area contributed by atoms with Gasteiger partial charge in [-0.15, -0.1) is 0 Å². The first-order valence-electron chi connectivity index (χ1n) is 10.6. The van der Waals surface area contributed by atoms with Crippen molar-refractivity contribution in [2.45, 2.75) is 58.4 Å². The van der Waals surface area contributed by atoms with Gasteiger partial charge in [0, 0.05) is 24.5 Å². The van der Waals surface area contributed by atoms with Crippen molar-refractivity contribution in [3.8, 4) is 0 Å². The molecule has 1 heterocycles. The summed E-state index contributed by atoms with van der Waals surface area (Å²) in [6.07, 6.45) is 7.08. The van der Waals surface area contributed by atoms with Crippen LogP contribution in [0.15, 0.2) is 48.5 Å². The van der Waals surface area contributed by atoms with Gasteiger partial charge in [0.05, 0.1) is 17.5 Å². The Hall–Kier alpha value is -2.33. The molecule has 0 saturated heterocycles. The van der Waals surface area contributed by atoms with E-state index in [2.05, 4.69) is 35.0 Å². The van der Waals surface area contributed by atoms with Gasteiger partial charge in [-0.05, 0) is 42.7 Å². The molecule has 154 valence electrons. The van der Waals surface area contributed by atoms with E-state index >= 15 is 0 Å². The number of amides is 1. The first kappa shape index (κ1) is 21.4. The molecule has 0 radical (unpaired) electrons. The maximum atomic E-state index is 12.2. The summed E-state index contributed by atoms with van der Waals surface area (Å²) in [4.78, 5) is 17.0. The Bertz CT molecular complexity index is 918. The lowest BCUT2D eigenvalue weighted by Gasteiger charge is -2.10. The Balaban J connectivity index is 1.51. The van der Waals surface area contributed by atoms with Crippen LogP contribution in [0.4, 0.5) is 0 Å². The largest absolute Gasteiger partial charge is 0.356 e. The number of aromatic nitrogens is 2. The third-order valence-corrected chi connectivity index (χ3v) is 5.40. The molecule has 0 aliphatic rings. The molecule has 3 aromatic rings. The van der Waals surface area contributed by atoms with E-state index < -0.39 is 0 Å². The predicted molar refractivity (Wildman–Crippen MR) is 120 cm³/mol. The highest BCUT2D eigenvalue weighted by Gasteiger charge is 2.10. The average Bonchev–Trinajstić information content (AvgIpc) is 3.08. The van der Waals surface area contributed by atoms with Gasteiger partial charge in [-0.1, -0.05) is 62.1 Å². The zero-order valence-electron chi connectivity index (χ0n) is 17.2. The van der Waals surface area contributed by atoms with Crippen LogP contribution in [0.2, 0.25) is 5.02 Å². The van der Waals surface area contributed by atoms with Crippen LogP contribution >= 0.6 is 11.6 Å². The number of fused-ring (bicyclic) bond motifs is 1. The molecule has 5 heteroatoms. The molecule has 0 saturated carbocycles. The first-order valence-corrected chi connectivity index (χ1v) is 11.0. The van der Waals surface area contributed by atoms with E-state index in [1.165, 1.54) is 31.2 Å². The summed E-state index contributed by atoms with van der Waals surface area (Å²) >= 11 is 5.89. The molecule has 1 aromatic heterocycles. The fraction of sp³-hybridized carbons (Fsp3) is 0.417. The molecule has 0 fully saturated rings. The van der Waals surface area contributed by atoms with Crippen LogP contribution in [0, 0.1) is 0 Å². The second kappa shape index (κ2) is 11.0. The number of hydrogen-bond acceptors (Lipinski definition) is 2. The van der Waals surface area contributed by atoms with Crippen molar-refractivity contribution in [1.82, 2.24) is 14.9 Å². The van der Waals surface area contributed by atoms with Crippen molar-refractivity contribution in [3.05, 3.63) is 64.9 Å². The highest BCUT2D eigenvalue weighted by atomic mass is 35.5. The van der Waals surface area contributed by atoms with Crippen molar-refractivity contribution in [1.29, 1.82) is 0 Å². The SMILES string of the molecule is CCCCCCn1c(CCCNC(=O)Cc2ccc(Cl)cc2)nc2ccccc21. The Kier molecular flexibility index (Phi) is 8.12. The molecule has 0 unspecified atom stereocenters. The van der Waals surface area contributed by atoms with Gasteiger partial charge in [0.15, 0.2) is 0 Å². The minimum absolute atomic E-state index is 0.0420. The molecule has 0 aliphatic carbocycles. The third-order valence-electron chi connectivity index (χ3n) is 5.15. The third kappa shape index (κ3) is 6.33. The number of aryl methyl sites for hydroxylation is 2. The van der Waals surface area contributed by atoms with E-state index in [4.69, 9.17) is 16.6 Å². The average molecular weight is 412 g/mol. The summed E-state index contributed by atoms with van der Waals surface area (Å²) in [7, 11) is 0. The van der Waals surface area contributed by atoms with Gasteiger partial charge < -0.3 is 9.88 Å². The molecule has 1 N–H and O–H groups in total. The van der Waals surface area contributed by atoms with Crippen LogP contribution in [0.1, 0.15) is 50.4 Å². The number of halogens is 1. The molecular formula is C24H30ClN3O. The van der Waals surface area contributed by atoms with Gasteiger partial charge in [-0.25, -0.2) is 4.98 Å². The molecule has 0 atom stereocenters. The lowest BCUT2D eigenvalue weighted by molar-refractivity contribution is -0.120. The van der Waals surface area contributed by atoms with E-state index in [0.29, 0.717) is 18.0 Å². The maximum Gasteiger partial charge on any atom is 0.224 e. The number of benzene rings is 2. The number of carbonyl (C=O) groups excluding carboxylic acids is 1. The number of para-hydroxylation sites is 2. The highest BCUT2D eigenvalue weighted by molar-refractivity contribution is 6.30. The second-order valence-corrected chi connectivity index (χ2v) is 7.92. The van der Waals surface area contributed by atoms with Crippen molar-refractivity contribution in [3.63, 3.8) is 0 Å². The number of nitrogens with zero attached hydrogens (tertiary/aromatic N) is 2. The van der Waals surface area contributed by atoms with Crippen molar-refractivity contribution in [2.75, 3.05) is 6.54 Å². The number of imidazole rings is 1. The predicted octanol–water partition coefficient (Wildman–Crippen LogP) is 5.56. The summed E-state index contributed by atoms with van der Waals surface area (Å²) in [6, 6.07) is 15.8. The van der Waals surface area contributed by atoms with Crippen molar-refractivity contribution >= 4 is 28.5 Å². The van der Waals surface area contributed by atoms with Crippen LogP contribution in [0.25, 0.3) is 11.0 Å². The van der Waals surface area contributed by atoms with Gasteiger partial charge in [0.25, 0.3) is 0 Å². The second-order valence-electron chi connectivity index (χ2n) is 7.49. The molecule has 2 aromatic carbocycles. The smallest absolute Gasteiger partial charge is 0.224 e. The van der Waals surface area contributed by atoms with Gasteiger partial charge in [-0.3, -0.25) is 4.79 Å². The molecule has 0 spiro atoms. The monoisotopic (exact) mass is 411 g/mol. The van der Waals surface area contributed by atoms with E-state index in [1.807, 2.05) is 30.3 Å². The summed E-state index contributed by atoms with van der Waals surface area (Å²) < 4.78 is 2.36. The van der Waals surface area contributed by atoms with Crippen LogP contribution in [-0.4, -0.2) is 22.0 Å². The van der Waals surface area contributed by atoms with E-state index in [0.717, 1.165) is 36.3 Å². The fourth-order valence-electron chi connectivity index (χ4n) is 3.59. The summed E-state index contributed by atoms with van der Waals surface area (Å²) in [6.45, 7) is 3.91. The molecule has 0 bridgehead atoms. The number of carbonyl (C=O) groups is 1. The molecule has 0 aliphatic heterocycles. The normalized spacial score (nSPS) is 11.1.